The molecule has 2 heteroatoms. The summed E-state index contributed by atoms with van der Waals surface area (Å²) in [6, 6.07) is 19.6. The molecule has 0 spiro atoms. The van der Waals surface area contributed by atoms with E-state index in [2.05, 4.69) is 0 Å². The molecule has 2 aromatic rings. The lowest BCUT2D eigenvalue weighted by Crippen LogP contribution is -2.40. The third-order valence-electron chi connectivity index (χ3n) is 3.13. The summed E-state index contributed by atoms with van der Waals surface area (Å²) in [5, 5.41) is 13.9. The average Bonchev–Trinajstić information content (AvgIpc) is 2.40. The number of hydroxylamine groups is 2. The van der Waals surface area contributed by atoms with Crippen LogP contribution in [0.15, 0.2) is 60.7 Å². The van der Waals surface area contributed by atoms with Crippen LogP contribution < -0.4 is 0 Å². The molecule has 0 unspecified atom stereocenters. The highest BCUT2D eigenvalue weighted by atomic mass is 16.5. The van der Waals surface area contributed by atoms with Crippen molar-refractivity contribution in [2.24, 2.45) is 0 Å². The Kier molecular flexibility index (Phi) is 4.03. The fourth-order valence-corrected chi connectivity index (χ4v) is 2.12. The smallest absolute Gasteiger partial charge is 0.0889 e. The number of rotatable bonds is 3. The van der Waals surface area contributed by atoms with E-state index >= 15 is 0 Å². The second kappa shape index (κ2) is 5.55. The predicted octanol–water partition coefficient (Wildman–Crippen LogP) is 4.22. The Morgan fingerprint density at radius 2 is 1.16 bits per heavy atom. The first-order valence-electron chi connectivity index (χ1n) is 6.56. The van der Waals surface area contributed by atoms with Crippen molar-refractivity contribution in [2.45, 2.75) is 32.4 Å². The zero-order valence-corrected chi connectivity index (χ0v) is 11.7. The topological polar surface area (TPSA) is 23.1 Å². The van der Waals surface area contributed by atoms with E-state index in [1.54, 1.807) is 0 Å². The molecule has 19 heavy (non-hydrogen) atoms. The Balaban J connectivity index is 2.46. The van der Waals surface area contributed by atoms with Gasteiger partial charge < -0.3 is 0 Å². The van der Waals surface area contributed by atoms with Gasteiger partial charge in [-0.25, -0.2) is 0 Å². The highest BCUT2D eigenvalue weighted by Gasteiger charge is 2.31. The number of hydrogen-bond donors (Lipinski definition) is 0. The van der Waals surface area contributed by atoms with E-state index in [0.717, 1.165) is 11.1 Å². The molecule has 0 aliphatic rings. The molecule has 1 radical (unpaired) electrons. The fourth-order valence-electron chi connectivity index (χ4n) is 2.12. The Morgan fingerprint density at radius 3 is 1.47 bits per heavy atom. The fraction of sp³-hybridized carbons (Fsp3) is 0.294. The standard InChI is InChI=1S/C17H20NO/c1-17(2,3)18(19)16(14-10-6-4-7-11-14)15-12-8-5-9-13-15/h4-13,16H,1-3H3. The molecule has 0 aliphatic heterocycles. The molecular weight excluding hydrogens is 234 g/mol. The van der Waals surface area contributed by atoms with Crippen LogP contribution in [0, 0.1) is 0 Å². The molecule has 0 atom stereocenters. The maximum atomic E-state index is 12.7. The summed E-state index contributed by atoms with van der Waals surface area (Å²) >= 11 is 0. The van der Waals surface area contributed by atoms with E-state index in [1.807, 2.05) is 81.4 Å². The average molecular weight is 254 g/mol. The van der Waals surface area contributed by atoms with Gasteiger partial charge in [0.1, 0.15) is 0 Å². The summed E-state index contributed by atoms with van der Waals surface area (Å²) in [7, 11) is 0. The summed E-state index contributed by atoms with van der Waals surface area (Å²) in [5.74, 6) is 0. The van der Waals surface area contributed by atoms with Crippen molar-refractivity contribution in [3.05, 3.63) is 71.8 Å². The first kappa shape index (κ1) is 13.8. The molecule has 2 aromatic carbocycles. The SMILES string of the molecule is CC(C)(C)N([O])C(c1ccccc1)c1ccccc1. The molecule has 0 aliphatic carbocycles. The quantitative estimate of drug-likeness (QED) is 0.752. The molecule has 2 nitrogen and oxygen atoms in total. The largest absolute Gasteiger partial charge is 0.138 e. The normalized spacial score (nSPS) is 12.1. The van der Waals surface area contributed by atoms with Crippen LogP contribution in [0.4, 0.5) is 0 Å². The van der Waals surface area contributed by atoms with Gasteiger partial charge in [-0.2, -0.15) is 0 Å². The van der Waals surface area contributed by atoms with Crippen molar-refractivity contribution in [1.82, 2.24) is 5.06 Å². The second-order valence-electron chi connectivity index (χ2n) is 5.72. The van der Waals surface area contributed by atoms with Gasteiger partial charge in [0.2, 0.25) is 0 Å². The summed E-state index contributed by atoms with van der Waals surface area (Å²) in [6.45, 7) is 5.83. The Morgan fingerprint density at radius 1 is 0.789 bits per heavy atom. The highest BCUT2D eigenvalue weighted by Crippen LogP contribution is 2.32. The van der Waals surface area contributed by atoms with Crippen LogP contribution in [0.1, 0.15) is 37.9 Å². The molecule has 0 bridgehead atoms. The lowest BCUT2D eigenvalue weighted by Gasteiger charge is -2.34. The maximum absolute atomic E-state index is 12.7. The number of benzene rings is 2. The molecular formula is C17H20NO. The molecule has 0 saturated heterocycles. The minimum atomic E-state index is -0.434. The summed E-state index contributed by atoms with van der Waals surface area (Å²) in [6.07, 6.45) is 0. The Hall–Kier alpha value is -1.64. The van der Waals surface area contributed by atoms with E-state index in [9.17, 15) is 5.21 Å². The van der Waals surface area contributed by atoms with Gasteiger partial charge in [-0.15, -0.1) is 10.3 Å². The van der Waals surface area contributed by atoms with Crippen molar-refractivity contribution in [3.63, 3.8) is 0 Å². The molecule has 0 amide bonds. The second-order valence-corrected chi connectivity index (χ2v) is 5.72. The van der Waals surface area contributed by atoms with E-state index in [0.29, 0.717) is 0 Å². The van der Waals surface area contributed by atoms with Crippen LogP contribution in [0.3, 0.4) is 0 Å². The molecule has 0 N–H and O–H groups in total. The predicted molar refractivity (Wildman–Crippen MR) is 77.0 cm³/mol. The van der Waals surface area contributed by atoms with Crippen molar-refractivity contribution < 1.29 is 5.21 Å². The molecule has 0 heterocycles. The monoisotopic (exact) mass is 254 g/mol. The van der Waals surface area contributed by atoms with Crippen LogP contribution in [0.2, 0.25) is 0 Å². The Bertz CT molecular complexity index is 462. The van der Waals surface area contributed by atoms with E-state index < -0.39 is 5.54 Å². The first-order valence-corrected chi connectivity index (χ1v) is 6.56. The van der Waals surface area contributed by atoms with E-state index in [4.69, 9.17) is 0 Å². The molecule has 0 saturated carbocycles. The van der Waals surface area contributed by atoms with Gasteiger partial charge in [0.25, 0.3) is 0 Å². The number of nitrogens with zero attached hydrogens (tertiary/aromatic N) is 1. The molecule has 2 rings (SSSR count). The van der Waals surface area contributed by atoms with Crippen LogP contribution in [-0.4, -0.2) is 10.6 Å². The van der Waals surface area contributed by atoms with Gasteiger partial charge in [-0.1, -0.05) is 60.7 Å². The van der Waals surface area contributed by atoms with Gasteiger partial charge in [0.05, 0.1) is 6.04 Å². The van der Waals surface area contributed by atoms with Gasteiger partial charge in [0, 0.05) is 5.54 Å². The van der Waals surface area contributed by atoms with Crippen molar-refractivity contribution in [3.8, 4) is 0 Å². The third kappa shape index (κ3) is 3.22. The summed E-state index contributed by atoms with van der Waals surface area (Å²) in [4.78, 5) is 0. The van der Waals surface area contributed by atoms with Gasteiger partial charge in [-0.3, -0.25) is 0 Å². The maximum Gasteiger partial charge on any atom is 0.0889 e. The van der Waals surface area contributed by atoms with Crippen molar-refractivity contribution in [1.29, 1.82) is 0 Å². The van der Waals surface area contributed by atoms with Gasteiger partial charge in [0.15, 0.2) is 0 Å². The number of hydrogen-bond acceptors (Lipinski definition) is 1. The van der Waals surface area contributed by atoms with Crippen LogP contribution >= 0.6 is 0 Å². The zero-order chi connectivity index (χ0) is 13.9. The minimum Gasteiger partial charge on any atom is -0.138 e. The van der Waals surface area contributed by atoms with E-state index in [1.165, 1.54) is 5.06 Å². The molecule has 0 aromatic heterocycles. The van der Waals surface area contributed by atoms with E-state index in [-0.39, 0.29) is 6.04 Å². The molecule has 0 fully saturated rings. The highest BCUT2D eigenvalue weighted by molar-refractivity contribution is 5.31. The molecule has 99 valence electrons. The lowest BCUT2D eigenvalue weighted by atomic mass is 9.95. The summed E-state index contributed by atoms with van der Waals surface area (Å²) in [5.41, 5.74) is 1.62. The minimum absolute atomic E-state index is 0.262. The Labute approximate surface area is 115 Å². The van der Waals surface area contributed by atoms with Crippen LogP contribution in [0.5, 0.6) is 0 Å². The van der Waals surface area contributed by atoms with Crippen molar-refractivity contribution >= 4 is 0 Å². The summed E-state index contributed by atoms with van der Waals surface area (Å²) < 4.78 is 0. The van der Waals surface area contributed by atoms with Gasteiger partial charge in [-0.05, 0) is 31.9 Å². The third-order valence-corrected chi connectivity index (χ3v) is 3.13. The first-order chi connectivity index (χ1) is 9.00. The van der Waals surface area contributed by atoms with Gasteiger partial charge >= 0.3 is 0 Å². The van der Waals surface area contributed by atoms with Crippen LogP contribution in [-0.2, 0) is 5.21 Å². The van der Waals surface area contributed by atoms with Crippen LogP contribution in [0.25, 0.3) is 0 Å². The van der Waals surface area contributed by atoms with Crippen molar-refractivity contribution in [2.75, 3.05) is 0 Å². The zero-order valence-electron chi connectivity index (χ0n) is 11.7. The lowest BCUT2D eigenvalue weighted by molar-refractivity contribution is -0.233.